The highest BCUT2D eigenvalue weighted by Gasteiger charge is 2.37. The number of urea groups is 1. The summed E-state index contributed by atoms with van der Waals surface area (Å²) in [6.07, 6.45) is 2.95. The number of amides is 2. The number of rotatable bonds is 6. The van der Waals surface area contributed by atoms with Gasteiger partial charge in [0.05, 0.1) is 5.60 Å². The Morgan fingerprint density at radius 3 is 2.33 bits per heavy atom. The van der Waals surface area contributed by atoms with E-state index in [1.807, 2.05) is 0 Å². The molecule has 0 radical (unpaired) electrons. The first-order chi connectivity index (χ1) is 8.40. The number of hydrogen-bond acceptors (Lipinski definition) is 3. The number of carbonyl (C=O) groups excluding carboxylic acids is 1. The summed E-state index contributed by atoms with van der Waals surface area (Å²) in [5, 5.41) is 14.1. The van der Waals surface area contributed by atoms with Crippen LogP contribution in [-0.2, 0) is 9.53 Å². The molecule has 0 unspecified atom stereocenters. The van der Waals surface area contributed by atoms with Crippen LogP contribution < -0.4 is 10.6 Å². The number of nitrogens with one attached hydrogen (secondary N) is 2. The number of methoxy groups -OCH3 is 1. The van der Waals surface area contributed by atoms with Gasteiger partial charge in [0, 0.05) is 13.7 Å². The lowest BCUT2D eigenvalue weighted by Gasteiger charge is -2.40. The second-order valence-electron chi connectivity index (χ2n) is 5.13. The molecule has 0 aromatic heterocycles. The van der Waals surface area contributed by atoms with Crippen molar-refractivity contribution in [3.8, 4) is 0 Å². The fourth-order valence-electron chi connectivity index (χ4n) is 1.97. The van der Waals surface area contributed by atoms with Crippen LogP contribution in [0.4, 0.5) is 4.79 Å². The summed E-state index contributed by atoms with van der Waals surface area (Å²) in [4.78, 5) is 22.6. The molecule has 2 amide bonds. The van der Waals surface area contributed by atoms with E-state index in [-0.39, 0.29) is 11.5 Å². The van der Waals surface area contributed by atoms with Crippen LogP contribution in [0.2, 0.25) is 0 Å². The molecule has 1 saturated carbocycles. The maximum absolute atomic E-state index is 11.6. The molecule has 6 heteroatoms. The number of ether oxygens (including phenoxy) is 1. The van der Waals surface area contributed by atoms with Gasteiger partial charge in [-0.3, -0.25) is 0 Å². The molecule has 104 valence electrons. The molecule has 0 aromatic rings. The Hall–Kier alpha value is -1.30. The van der Waals surface area contributed by atoms with Gasteiger partial charge in [0.1, 0.15) is 6.04 Å². The van der Waals surface area contributed by atoms with Crippen LogP contribution in [0, 0.1) is 5.92 Å². The summed E-state index contributed by atoms with van der Waals surface area (Å²) in [7, 11) is 1.63. The van der Waals surface area contributed by atoms with E-state index in [2.05, 4.69) is 10.6 Å². The summed E-state index contributed by atoms with van der Waals surface area (Å²) in [5.41, 5.74) is -0.256. The average molecular weight is 258 g/mol. The van der Waals surface area contributed by atoms with E-state index < -0.39 is 18.0 Å². The third-order valence-corrected chi connectivity index (χ3v) is 3.49. The highest BCUT2D eigenvalue weighted by atomic mass is 16.5. The molecule has 0 bridgehead atoms. The van der Waals surface area contributed by atoms with Crippen molar-refractivity contribution >= 4 is 12.0 Å². The molecule has 0 spiro atoms. The van der Waals surface area contributed by atoms with Crippen LogP contribution in [0.1, 0.15) is 33.1 Å². The molecule has 0 aliphatic heterocycles. The van der Waals surface area contributed by atoms with Gasteiger partial charge >= 0.3 is 12.0 Å². The van der Waals surface area contributed by atoms with E-state index >= 15 is 0 Å². The van der Waals surface area contributed by atoms with Crippen molar-refractivity contribution in [2.75, 3.05) is 13.7 Å². The topological polar surface area (TPSA) is 87.7 Å². The highest BCUT2D eigenvalue weighted by Crippen LogP contribution is 2.34. The number of carboxylic acid groups (broad SMARTS) is 1. The fourth-order valence-corrected chi connectivity index (χ4v) is 1.97. The lowest BCUT2D eigenvalue weighted by atomic mass is 9.80. The summed E-state index contributed by atoms with van der Waals surface area (Å²) in [6.45, 7) is 3.92. The van der Waals surface area contributed by atoms with Crippen molar-refractivity contribution in [3.63, 3.8) is 0 Å². The third-order valence-electron chi connectivity index (χ3n) is 3.49. The minimum Gasteiger partial charge on any atom is -0.480 e. The Morgan fingerprint density at radius 2 is 2.00 bits per heavy atom. The highest BCUT2D eigenvalue weighted by molar-refractivity contribution is 5.82. The SMILES string of the molecule is COC1(CNC(=O)N[C@H](C(=O)O)C(C)C)CCC1. The monoisotopic (exact) mass is 258 g/mol. The van der Waals surface area contributed by atoms with Gasteiger partial charge < -0.3 is 20.5 Å². The number of hydrogen-bond donors (Lipinski definition) is 3. The number of aliphatic carboxylic acids is 1. The van der Waals surface area contributed by atoms with Gasteiger partial charge in [-0.2, -0.15) is 0 Å². The van der Waals surface area contributed by atoms with Gasteiger partial charge in [0.2, 0.25) is 0 Å². The quantitative estimate of drug-likeness (QED) is 0.662. The molecule has 1 aliphatic carbocycles. The lowest BCUT2D eigenvalue weighted by molar-refractivity contribution is -0.140. The molecule has 1 aliphatic rings. The van der Waals surface area contributed by atoms with E-state index in [0.29, 0.717) is 6.54 Å². The predicted octanol–water partition coefficient (Wildman–Crippen LogP) is 0.964. The zero-order valence-corrected chi connectivity index (χ0v) is 11.2. The summed E-state index contributed by atoms with van der Waals surface area (Å²) in [5.74, 6) is -1.18. The van der Waals surface area contributed by atoms with Gasteiger partial charge in [-0.25, -0.2) is 9.59 Å². The zero-order chi connectivity index (χ0) is 13.8. The Bertz CT molecular complexity index is 308. The second kappa shape index (κ2) is 6.04. The van der Waals surface area contributed by atoms with Crippen LogP contribution in [-0.4, -0.2) is 42.4 Å². The molecular formula is C12H22N2O4. The Morgan fingerprint density at radius 1 is 1.39 bits per heavy atom. The smallest absolute Gasteiger partial charge is 0.326 e. The summed E-state index contributed by atoms with van der Waals surface area (Å²) < 4.78 is 5.37. The van der Waals surface area contributed by atoms with Crippen molar-refractivity contribution in [1.82, 2.24) is 10.6 Å². The maximum Gasteiger partial charge on any atom is 0.326 e. The molecule has 0 saturated heterocycles. The van der Waals surface area contributed by atoms with Crippen LogP contribution in [0.25, 0.3) is 0 Å². The van der Waals surface area contributed by atoms with Crippen LogP contribution >= 0.6 is 0 Å². The van der Waals surface area contributed by atoms with E-state index in [1.54, 1.807) is 21.0 Å². The van der Waals surface area contributed by atoms with Crippen molar-refractivity contribution < 1.29 is 19.4 Å². The summed E-state index contributed by atoms with van der Waals surface area (Å²) in [6, 6.07) is -1.33. The largest absolute Gasteiger partial charge is 0.480 e. The standard InChI is InChI=1S/C12H22N2O4/c1-8(2)9(10(15)16)14-11(17)13-7-12(18-3)5-4-6-12/h8-9H,4-7H2,1-3H3,(H,15,16)(H2,13,14,17)/t9-/m0/s1. The van der Waals surface area contributed by atoms with Crippen LogP contribution in [0.3, 0.4) is 0 Å². The Labute approximate surface area is 107 Å². The average Bonchev–Trinajstić information content (AvgIpc) is 2.24. The van der Waals surface area contributed by atoms with Gasteiger partial charge in [0.25, 0.3) is 0 Å². The Kier molecular flexibility index (Phi) is 4.95. The minimum atomic E-state index is -1.02. The van der Waals surface area contributed by atoms with Gasteiger partial charge in [-0.1, -0.05) is 13.8 Å². The van der Waals surface area contributed by atoms with Gasteiger partial charge in [-0.05, 0) is 25.2 Å². The van der Waals surface area contributed by atoms with Crippen molar-refractivity contribution in [3.05, 3.63) is 0 Å². The first-order valence-electron chi connectivity index (χ1n) is 6.22. The molecule has 1 atom stereocenters. The van der Waals surface area contributed by atoms with Crippen molar-refractivity contribution in [2.45, 2.75) is 44.8 Å². The maximum atomic E-state index is 11.6. The first-order valence-corrected chi connectivity index (χ1v) is 6.22. The van der Waals surface area contributed by atoms with Crippen molar-refractivity contribution in [2.24, 2.45) is 5.92 Å². The molecule has 18 heavy (non-hydrogen) atoms. The lowest BCUT2D eigenvalue weighted by Crippen LogP contribution is -2.54. The van der Waals surface area contributed by atoms with Crippen LogP contribution in [0.15, 0.2) is 0 Å². The first kappa shape index (κ1) is 14.8. The van der Waals surface area contributed by atoms with Gasteiger partial charge in [-0.15, -0.1) is 0 Å². The molecule has 0 heterocycles. The fraction of sp³-hybridized carbons (Fsp3) is 0.833. The van der Waals surface area contributed by atoms with E-state index in [4.69, 9.17) is 9.84 Å². The number of carboxylic acids is 1. The second-order valence-corrected chi connectivity index (χ2v) is 5.13. The van der Waals surface area contributed by atoms with Gasteiger partial charge in [0.15, 0.2) is 0 Å². The van der Waals surface area contributed by atoms with Crippen LogP contribution in [0.5, 0.6) is 0 Å². The number of carbonyl (C=O) groups is 2. The predicted molar refractivity (Wildman–Crippen MR) is 66.4 cm³/mol. The van der Waals surface area contributed by atoms with E-state index in [0.717, 1.165) is 19.3 Å². The van der Waals surface area contributed by atoms with E-state index in [9.17, 15) is 9.59 Å². The molecule has 1 fully saturated rings. The van der Waals surface area contributed by atoms with E-state index in [1.165, 1.54) is 0 Å². The third kappa shape index (κ3) is 3.60. The molecule has 3 N–H and O–H groups in total. The molecule has 6 nitrogen and oxygen atoms in total. The Balaban J connectivity index is 2.39. The molecule has 0 aromatic carbocycles. The minimum absolute atomic E-state index is 0.159. The zero-order valence-electron chi connectivity index (χ0n) is 11.2. The van der Waals surface area contributed by atoms with Crippen molar-refractivity contribution in [1.29, 1.82) is 0 Å². The molecule has 1 rings (SSSR count). The normalized spacial score (nSPS) is 18.9. The molecular weight excluding hydrogens is 236 g/mol. The summed E-state index contributed by atoms with van der Waals surface area (Å²) >= 11 is 0.